The van der Waals surface area contributed by atoms with Crippen LogP contribution in [0.25, 0.3) is 0 Å². The lowest BCUT2D eigenvalue weighted by atomic mass is 10.4. The van der Waals surface area contributed by atoms with E-state index in [4.69, 9.17) is 0 Å². The van der Waals surface area contributed by atoms with Crippen LogP contribution in [-0.2, 0) is 6.54 Å². The van der Waals surface area contributed by atoms with E-state index in [-0.39, 0.29) is 5.82 Å². The highest BCUT2D eigenvalue weighted by Crippen LogP contribution is 2.14. The lowest BCUT2D eigenvalue weighted by Crippen LogP contribution is -2.02. The van der Waals surface area contributed by atoms with E-state index < -0.39 is 11.6 Å². The molecule has 78 valence electrons. The van der Waals surface area contributed by atoms with Crippen LogP contribution < -0.4 is 5.32 Å². The van der Waals surface area contributed by atoms with Crippen molar-refractivity contribution in [1.29, 1.82) is 0 Å². The zero-order valence-electron chi connectivity index (χ0n) is 7.71. The summed E-state index contributed by atoms with van der Waals surface area (Å²) in [5, 5.41) is 4.74. The molecule has 5 heteroatoms. The Bertz CT molecular complexity index is 443. The number of anilines is 1. The molecule has 0 aromatic carbocycles. The molecule has 0 amide bonds. The molecule has 0 aliphatic carbocycles. The molecule has 0 atom stereocenters. The van der Waals surface area contributed by atoms with Crippen LogP contribution in [0, 0.1) is 11.6 Å². The first-order valence-electron chi connectivity index (χ1n) is 4.33. The molecule has 0 bridgehead atoms. The van der Waals surface area contributed by atoms with Crippen molar-refractivity contribution in [2.45, 2.75) is 6.54 Å². The standard InChI is InChI=1S/C10H8F2N2S/c11-7-4-9(12)10(13-5-7)14-6-8-2-1-3-15-8/h1-5H,6H2,(H,13,14). The maximum Gasteiger partial charge on any atom is 0.168 e. The third-order valence-electron chi connectivity index (χ3n) is 1.82. The monoisotopic (exact) mass is 226 g/mol. The quantitative estimate of drug-likeness (QED) is 0.870. The van der Waals surface area contributed by atoms with Crippen LogP contribution in [0.4, 0.5) is 14.6 Å². The van der Waals surface area contributed by atoms with E-state index in [1.807, 2.05) is 17.5 Å². The van der Waals surface area contributed by atoms with Crippen LogP contribution in [0.5, 0.6) is 0 Å². The Labute approximate surface area is 89.6 Å². The summed E-state index contributed by atoms with van der Waals surface area (Å²) >= 11 is 1.56. The summed E-state index contributed by atoms with van der Waals surface area (Å²) in [6.45, 7) is 0.493. The van der Waals surface area contributed by atoms with Gasteiger partial charge in [-0.2, -0.15) is 0 Å². The first kappa shape index (κ1) is 10.0. The largest absolute Gasteiger partial charge is 0.363 e. The molecule has 0 aliphatic heterocycles. The molecular weight excluding hydrogens is 218 g/mol. The van der Waals surface area contributed by atoms with Gasteiger partial charge in [0.05, 0.1) is 12.7 Å². The summed E-state index contributed by atoms with van der Waals surface area (Å²) in [6.07, 6.45) is 0.986. The SMILES string of the molecule is Fc1cnc(NCc2cccs2)c(F)c1. The van der Waals surface area contributed by atoms with Crippen LogP contribution in [0.1, 0.15) is 4.88 Å². The fourth-order valence-corrected chi connectivity index (χ4v) is 1.77. The van der Waals surface area contributed by atoms with Crippen LogP contribution in [0.2, 0.25) is 0 Å². The van der Waals surface area contributed by atoms with Gasteiger partial charge in [0.25, 0.3) is 0 Å². The second-order valence-electron chi connectivity index (χ2n) is 2.92. The number of pyridine rings is 1. The Balaban J connectivity index is 2.05. The smallest absolute Gasteiger partial charge is 0.168 e. The highest BCUT2D eigenvalue weighted by molar-refractivity contribution is 7.09. The Morgan fingerprint density at radius 3 is 2.93 bits per heavy atom. The fourth-order valence-electron chi connectivity index (χ4n) is 1.13. The highest BCUT2D eigenvalue weighted by Gasteiger charge is 2.04. The highest BCUT2D eigenvalue weighted by atomic mass is 32.1. The van der Waals surface area contributed by atoms with Crippen molar-refractivity contribution in [3.63, 3.8) is 0 Å². The van der Waals surface area contributed by atoms with Gasteiger partial charge in [-0.05, 0) is 11.4 Å². The van der Waals surface area contributed by atoms with Crippen LogP contribution in [0.3, 0.4) is 0 Å². The van der Waals surface area contributed by atoms with Crippen molar-refractivity contribution in [3.8, 4) is 0 Å². The summed E-state index contributed by atoms with van der Waals surface area (Å²) in [4.78, 5) is 4.69. The molecule has 2 aromatic rings. The van der Waals surface area contributed by atoms with Gasteiger partial charge in [-0.25, -0.2) is 13.8 Å². The van der Waals surface area contributed by atoms with Gasteiger partial charge in [0.2, 0.25) is 0 Å². The molecule has 0 unspecified atom stereocenters. The van der Waals surface area contributed by atoms with E-state index in [9.17, 15) is 8.78 Å². The molecule has 0 aliphatic rings. The molecule has 0 fully saturated rings. The lowest BCUT2D eigenvalue weighted by Gasteiger charge is -2.04. The summed E-state index contributed by atoms with van der Waals surface area (Å²) in [5.41, 5.74) is 0. The van der Waals surface area contributed by atoms with Crippen LogP contribution in [-0.4, -0.2) is 4.98 Å². The lowest BCUT2D eigenvalue weighted by molar-refractivity contribution is 0.575. The summed E-state index contributed by atoms with van der Waals surface area (Å²) in [6, 6.07) is 4.65. The number of thiophene rings is 1. The number of hydrogen-bond donors (Lipinski definition) is 1. The third-order valence-corrected chi connectivity index (χ3v) is 2.69. The molecule has 2 heterocycles. The molecule has 0 saturated heterocycles. The molecular formula is C10H8F2N2S. The van der Waals surface area contributed by atoms with Gasteiger partial charge < -0.3 is 5.32 Å². The molecule has 0 radical (unpaired) electrons. The first-order chi connectivity index (χ1) is 7.25. The van der Waals surface area contributed by atoms with Gasteiger partial charge >= 0.3 is 0 Å². The zero-order chi connectivity index (χ0) is 10.7. The van der Waals surface area contributed by atoms with Crippen molar-refractivity contribution in [2.75, 3.05) is 5.32 Å². The number of halogens is 2. The van der Waals surface area contributed by atoms with Gasteiger partial charge in [-0.1, -0.05) is 6.07 Å². The molecule has 2 rings (SSSR count). The van der Waals surface area contributed by atoms with Gasteiger partial charge in [-0.15, -0.1) is 11.3 Å². The predicted molar refractivity (Wildman–Crippen MR) is 55.8 cm³/mol. The van der Waals surface area contributed by atoms with Crippen LogP contribution in [0.15, 0.2) is 29.8 Å². The summed E-state index contributed by atoms with van der Waals surface area (Å²) in [5.74, 6) is -1.27. The van der Waals surface area contributed by atoms with Crippen molar-refractivity contribution in [2.24, 2.45) is 0 Å². The summed E-state index contributed by atoms with van der Waals surface area (Å²) in [7, 11) is 0. The first-order valence-corrected chi connectivity index (χ1v) is 5.21. The van der Waals surface area contributed by atoms with Crippen LogP contribution >= 0.6 is 11.3 Å². The Kier molecular flexibility index (Phi) is 2.91. The zero-order valence-corrected chi connectivity index (χ0v) is 8.52. The Morgan fingerprint density at radius 1 is 1.40 bits per heavy atom. The van der Waals surface area contributed by atoms with Gasteiger partial charge in [-0.3, -0.25) is 0 Å². The Hall–Kier alpha value is -1.49. The number of nitrogens with one attached hydrogen (secondary N) is 1. The summed E-state index contributed by atoms with van der Waals surface area (Å²) < 4.78 is 25.7. The maximum atomic E-state index is 13.1. The molecule has 0 saturated carbocycles. The van der Waals surface area contributed by atoms with Crippen molar-refractivity contribution >= 4 is 17.2 Å². The third kappa shape index (κ3) is 2.50. The normalized spacial score (nSPS) is 10.3. The van der Waals surface area contributed by atoms with E-state index in [0.717, 1.165) is 17.1 Å². The predicted octanol–water partition coefficient (Wildman–Crippen LogP) is 3.03. The topological polar surface area (TPSA) is 24.9 Å². The number of aromatic nitrogens is 1. The van der Waals surface area contributed by atoms with E-state index in [1.165, 1.54) is 0 Å². The van der Waals surface area contributed by atoms with Gasteiger partial charge in [0.1, 0.15) is 5.82 Å². The van der Waals surface area contributed by atoms with E-state index in [2.05, 4.69) is 10.3 Å². The van der Waals surface area contributed by atoms with Gasteiger partial charge in [0.15, 0.2) is 11.6 Å². The van der Waals surface area contributed by atoms with E-state index in [0.29, 0.717) is 6.54 Å². The van der Waals surface area contributed by atoms with Gasteiger partial charge in [0, 0.05) is 10.9 Å². The average molecular weight is 226 g/mol. The fraction of sp³-hybridized carbons (Fsp3) is 0.100. The number of nitrogens with zero attached hydrogens (tertiary/aromatic N) is 1. The van der Waals surface area contributed by atoms with Crippen molar-refractivity contribution in [3.05, 3.63) is 46.3 Å². The molecule has 1 N–H and O–H groups in total. The maximum absolute atomic E-state index is 13.1. The molecule has 0 spiro atoms. The number of hydrogen-bond acceptors (Lipinski definition) is 3. The molecule has 2 aromatic heterocycles. The minimum Gasteiger partial charge on any atom is -0.363 e. The average Bonchev–Trinajstić information content (AvgIpc) is 2.69. The van der Waals surface area contributed by atoms with Crippen molar-refractivity contribution in [1.82, 2.24) is 4.98 Å². The van der Waals surface area contributed by atoms with E-state index in [1.54, 1.807) is 11.3 Å². The minimum atomic E-state index is -0.674. The number of rotatable bonds is 3. The molecule has 2 nitrogen and oxygen atoms in total. The minimum absolute atomic E-state index is 0.0739. The second kappa shape index (κ2) is 4.35. The Morgan fingerprint density at radius 2 is 2.27 bits per heavy atom. The second-order valence-corrected chi connectivity index (χ2v) is 3.95. The van der Waals surface area contributed by atoms with Crippen molar-refractivity contribution < 1.29 is 8.78 Å². The van der Waals surface area contributed by atoms with E-state index >= 15 is 0 Å². The molecule has 15 heavy (non-hydrogen) atoms.